The number of rotatable bonds is 4. The van der Waals surface area contributed by atoms with Crippen LogP contribution in [0.4, 0.5) is 0 Å². The van der Waals surface area contributed by atoms with Gasteiger partial charge in [0.15, 0.2) is 0 Å². The molecule has 0 aliphatic carbocycles. The molecule has 3 nitrogen and oxygen atoms in total. The summed E-state index contributed by atoms with van der Waals surface area (Å²) in [6, 6.07) is 7.19. The van der Waals surface area contributed by atoms with E-state index >= 15 is 0 Å². The van der Waals surface area contributed by atoms with E-state index in [1.54, 1.807) is 25.3 Å². The Morgan fingerprint density at radius 3 is 2.86 bits per heavy atom. The summed E-state index contributed by atoms with van der Waals surface area (Å²) in [6.07, 6.45) is -0.0484. The van der Waals surface area contributed by atoms with E-state index < -0.39 is 5.97 Å². The van der Waals surface area contributed by atoms with E-state index in [0.29, 0.717) is 11.3 Å². The molecule has 0 radical (unpaired) electrons. The summed E-state index contributed by atoms with van der Waals surface area (Å²) in [6.45, 7) is 3.70. The maximum absolute atomic E-state index is 10.4. The summed E-state index contributed by atoms with van der Waals surface area (Å²) in [7, 11) is 1.57. The van der Waals surface area contributed by atoms with E-state index in [1.807, 2.05) is 6.07 Å². The molecular weight excluding hydrogens is 180 g/mol. The van der Waals surface area contributed by atoms with E-state index in [1.165, 1.54) is 0 Å². The van der Waals surface area contributed by atoms with Gasteiger partial charge in [-0.3, -0.25) is 4.79 Å². The van der Waals surface area contributed by atoms with E-state index in [2.05, 4.69) is 6.58 Å². The summed E-state index contributed by atoms with van der Waals surface area (Å²) < 4.78 is 5.02. The standard InChI is InChI=1S/C11H12O3/c1-8(6-11(12)13)9-4-3-5-10(7-9)14-2/h3-5,7H,1,6H2,2H3,(H,12,13). The number of benzene rings is 1. The Morgan fingerprint density at radius 1 is 1.57 bits per heavy atom. The van der Waals surface area contributed by atoms with Crippen LogP contribution in [0.2, 0.25) is 0 Å². The molecule has 0 heterocycles. The van der Waals surface area contributed by atoms with Crippen LogP contribution in [-0.2, 0) is 4.79 Å². The minimum atomic E-state index is -0.877. The molecule has 0 unspecified atom stereocenters. The van der Waals surface area contributed by atoms with E-state index in [9.17, 15) is 4.79 Å². The topological polar surface area (TPSA) is 46.5 Å². The van der Waals surface area contributed by atoms with Gasteiger partial charge in [-0.15, -0.1) is 0 Å². The third-order valence-corrected chi connectivity index (χ3v) is 1.84. The van der Waals surface area contributed by atoms with Crippen LogP contribution < -0.4 is 4.74 Å². The third-order valence-electron chi connectivity index (χ3n) is 1.84. The van der Waals surface area contributed by atoms with Gasteiger partial charge >= 0.3 is 5.97 Å². The van der Waals surface area contributed by atoms with Crippen LogP contribution in [0.3, 0.4) is 0 Å². The van der Waals surface area contributed by atoms with Crippen molar-refractivity contribution in [2.45, 2.75) is 6.42 Å². The number of hydrogen-bond acceptors (Lipinski definition) is 2. The van der Waals surface area contributed by atoms with Gasteiger partial charge in [0, 0.05) is 0 Å². The van der Waals surface area contributed by atoms with Crippen molar-refractivity contribution in [2.75, 3.05) is 7.11 Å². The first-order valence-corrected chi connectivity index (χ1v) is 4.17. The second kappa shape index (κ2) is 4.46. The van der Waals surface area contributed by atoms with Gasteiger partial charge in [0.1, 0.15) is 5.75 Å². The lowest BCUT2D eigenvalue weighted by atomic mass is 10.0. The smallest absolute Gasteiger partial charge is 0.307 e. The maximum Gasteiger partial charge on any atom is 0.307 e. The molecule has 1 rings (SSSR count). The molecule has 1 aromatic carbocycles. The van der Waals surface area contributed by atoms with Crippen molar-refractivity contribution in [3.05, 3.63) is 36.4 Å². The molecular formula is C11H12O3. The van der Waals surface area contributed by atoms with Crippen molar-refractivity contribution in [2.24, 2.45) is 0 Å². The van der Waals surface area contributed by atoms with Crippen molar-refractivity contribution < 1.29 is 14.6 Å². The van der Waals surface area contributed by atoms with E-state index in [0.717, 1.165) is 5.56 Å². The highest BCUT2D eigenvalue weighted by Crippen LogP contribution is 2.20. The third kappa shape index (κ3) is 2.62. The highest BCUT2D eigenvalue weighted by atomic mass is 16.5. The molecule has 0 fully saturated rings. The molecule has 0 saturated carbocycles. The highest BCUT2D eigenvalue weighted by molar-refractivity contribution is 5.83. The SMILES string of the molecule is C=C(CC(=O)O)c1cccc(OC)c1. The number of carboxylic acid groups (broad SMARTS) is 1. The van der Waals surface area contributed by atoms with Crippen molar-refractivity contribution in [3.8, 4) is 5.75 Å². The van der Waals surface area contributed by atoms with Crippen LogP contribution in [-0.4, -0.2) is 18.2 Å². The molecule has 14 heavy (non-hydrogen) atoms. The van der Waals surface area contributed by atoms with Crippen molar-refractivity contribution in [1.82, 2.24) is 0 Å². The fraction of sp³-hybridized carbons (Fsp3) is 0.182. The Morgan fingerprint density at radius 2 is 2.29 bits per heavy atom. The Balaban J connectivity index is 2.84. The second-order valence-electron chi connectivity index (χ2n) is 2.91. The summed E-state index contributed by atoms with van der Waals surface area (Å²) in [4.78, 5) is 10.4. The van der Waals surface area contributed by atoms with Gasteiger partial charge in [0.2, 0.25) is 0 Å². The molecule has 3 heteroatoms. The average molecular weight is 192 g/mol. The largest absolute Gasteiger partial charge is 0.497 e. The number of carbonyl (C=O) groups is 1. The Kier molecular flexibility index (Phi) is 3.29. The molecule has 1 N–H and O–H groups in total. The lowest BCUT2D eigenvalue weighted by Gasteiger charge is -2.05. The molecule has 0 atom stereocenters. The molecule has 0 spiro atoms. The van der Waals surface area contributed by atoms with Gasteiger partial charge in [0.25, 0.3) is 0 Å². The number of carboxylic acids is 1. The number of ether oxygens (including phenoxy) is 1. The average Bonchev–Trinajstić information content (AvgIpc) is 2.17. The molecule has 74 valence electrons. The van der Waals surface area contributed by atoms with Gasteiger partial charge in [-0.2, -0.15) is 0 Å². The molecule has 0 aliphatic heterocycles. The van der Waals surface area contributed by atoms with Gasteiger partial charge in [0.05, 0.1) is 13.5 Å². The van der Waals surface area contributed by atoms with Crippen molar-refractivity contribution >= 4 is 11.5 Å². The van der Waals surface area contributed by atoms with E-state index in [4.69, 9.17) is 9.84 Å². The second-order valence-corrected chi connectivity index (χ2v) is 2.91. The van der Waals surface area contributed by atoms with Gasteiger partial charge in [-0.25, -0.2) is 0 Å². The van der Waals surface area contributed by atoms with Crippen LogP contribution in [0.1, 0.15) is 12.0 Å². The van der Waals surface area contributed by atoms with Crippen molar-refractivity contribution in [1.29, 1.82) is 0 Å². The van der Waals surface area contributed by atoms with Gasteiger partial charge in [-0.1, -0.05) is 18.7 Å². The highest BCUT2D eigenvalue weighted by Gasteiger charge is 2.04. The quantitative estimate of drug-likeness (QED) is 0.795. The number of methoxy groups -OCH3 is 1. The lowest BCUT2D eigenvalue weighted by molar-refractivity contribution is -0.135. The maximum atomic E-state index is 10.4. The number of aliphatic carboxylic acids is 1. The predicted octanol–water partition coefficient (Wildman–Crippen LogP) is 2.18. The van der Waals surface area contributed by atoms with E-state index in [-0.39, 0.29) is 6.42 Å². The zero-order valence-corrected chi connectivity index (χ0v) is 7.99. The van der Waals surface area contributed by atoms with Crippen LogP contribution in [0.5, 0.6) is 5.75 Å². The van der Waals surface area contributed by atoms with Crippen LogP contribution in [0.15, 0.2) is 30.8 Å². The summed E-state index contributed by atoms with van der Waals surface area (Å²) in [5.74, 6) is -0.174. The predicted molar refractivity (Wildman–Crippen MR) is 54.3 cm³/mol. The van der Waals surface area contributed by atoms with Gasteiger partial charge in [-0.05, 0) is 23.3 Å². The molecule has 0 bridgehead atoms. The Bertz CT molecular complexity index is 355. The number of hydrogen-bond donors (Lipinski definition) is 1. The zero-order chi connectivity index (χ0) is 10.6. The monoisotopic (exact) mass is 192 g/mol. The zero-order valence-electron chi connectivity index (χ0n) is 7.99. The fourth-order valence-corrected chi connectivity index (χ4v) is 1.13. The molecule has 0 aromatic heterocycles. The molecule has 0 saturated heterocycles. The Hall–Kier alpha value is -1.77. The summed E-state index contributed by atoms with van der Waals surface area (Å²) >= 11 is 0. The first-order valence-electron chi connectivity index (χ1n) is 4.17. The summed E-state index contributed by atoms with van der Waals surface area (Å²) in [5.41, 5.74) is 1.38. The van der Waals surface area contributed by atoms with Crippen molar-refractivity contribution in [3.63, 3.8) is 0 Å². The minimum Gasteiger partial charge on any atom is -0.497 e. The molecule has 1 aromatic rings. The first-order chi connectivity index (χ1) is 6.63. The van der Waals surface area contributed by atoms with Crippen LogP contribution in [0, 0.1) is 0 Å². The first kappa shape index (κ1) is 10.3. The molecule has 0 amide bonds. The van der Waals surface area contributed by atoms with Crippen LogP contribution in [0.25, 0.3) is 5.57 Å². The lowest BCUT2D eigenvalue weighted by Crippen LogP contribution is -1.96. The van der Waals surface area contributed by atoms with Gasteiger partial charge < -0.3 is 9.84 Å². The summed E-state index contributed by atoms with van der Waals surface area (Å²) in [5, 5.41) is 8.58. The fourth-order valence-electron chi connectivity index (χ4n) is 1.13. The van der Waals surface area contributed by atoms with Crippen LogP contribution >= 0.6 is 0 Å². The minimum absolute atomic E-state index is 0.0484. The Labute approximate surface area is 82.6 Å². The molecule has 0 aliphatic rings. The normalized spacial score (nSPS) is 9.50.